The molecule has 1 aromatic rings. The predicted octanol–water partition coefficient (Wildman–Crippen LogP) is 2.10. The maximum atomic E-state index is 11.3. The van der Waals surface area contributed by atoms with Crippen LogP contribution < -0.4 is 4.90 Å². The summed E-state index contributed by atoms with van der Waals surface area (Å²) >= 11 is 0. The quantitative estimate of drug-likeness (QED) is 0.912. The zero-order chi connectivity index (χ0) is 14.1. The Bertz CT molecular complexity index is 506. The van der Waals surface area contributed by atoms with Gasteiger partial charge >= 0.3 is 5.97 Å². The summed E-state index contributed by atoms with van der Waals surface area (Å²) < 4.78 is 5.82. The number of aryl methyl sites for hydroxylation is 1. The lowest BCUT2D eigenvalue weighted by atomic mass is 10.1. The van der Waals surface area contributed by atoms with Crippen LogP contribution in [0.3, 0.4) is 0 Å². The Balaban J connectivity index is 1.89. The van der Waals surface area contributed by atoms with Gasteiger partial charge in [0.2, 0.25) is 0 Å². The number of morpholine rings is 1. The SMILES string of the molecule is CCCc1cc(C(=O)O)cc(N2CC3CCC(C2)O3)n1. The Morgan fingerprint density at radius 2 is 2.10 bits per heavy atom. The van der Waals surface area contributed by atoms with Crippen LogP contribution in [0, 0.1) is 0 Å². The Morgan fingerprint density at radius 1 is 1.40 bits per heavy atom. The molecule has 2 unspecified atom stereocenters. The molecule has 108 valence electrons. The highest BCUT2D eigenvalue weighted by atomic mass is 16.5. The molecule has 2 atom stereocenters. The van der Waals surface area contributed by atoms with Crippen molar-refractivity contribution >= 4 is 11.8 Å². The summed E-state index contributed by atoms with van der Waals surface area (Å²) in [7, 11) is 0. The number of aromatic nitrogens is 1. The summed E-state index contributed by atoms with van der Waals surface area (Å²) in [5.41, 5.74) is 1.19. The Kier molecular flexibility index (Phi) is 3.61. The molecule has 2 bridgehead atoms. The number of hydrogen-bond acceptors (Lipinski definition) is 4. The molecule has 2 fully saturated rings. The summed E-state index contributed by atoms with van der Waals surface area (Å²) in [6, 6.07) is 3.37. The lowest BCUT2D eigenvalue weighted by Gasteiger charge is -2.33. The molecule has 20 heavy (non-hydrogen) atoms. The maximum absolute atomic E-state index is 11.3. The van der Waals surface area contributed by atoms with Crippen LogP contribution >= 0.6 is 0 Å². The molecule has 1 aromatic heterocycles. The van der Waals surface area contributed by atoms with Gasteiger partial charge in [-0.05, 0) is 31.4 Å². The molecule has 0 amide bonds. The molecule has 0 aliphatic carbocycles. The number of hydrogen-bond donors (Lipinski definition) is 1. The van der Waals surface area contributed by atoms with E-state index in [0.29, 0.717) is 5.56 Å². The fourth-order valence-electron chi connectivity index (χ4n) is 3.04. The van der Waals surface area contributed by atoms with E-state index >= 15 is 0 Å². The third-order valence-corrected chi connectivity index (χ3v) is 3.99. The second-order valence-corrected chi connectivity index (χ2v) is 5.62. The minimum absolute atomic E-state index is 0.277. The summed E-state index contributed by atoms with van der Waals surface area (Å²) in [5, 5.41) is 9.25. The van der Waals surface area contributed by atoms with E-state index in [1.54, 1.807) is 12.1 Å². The molecular formula is C15H20N2O3. The van der Waals surface area contributed by atoms with Crippen LogP contribution in [0.25, 0.3) is 0 Å². The molecule has 5 nitrogen and oxygen atoms in total. The van der Waals surface area contributed by atoms with Crippen molar-refractivity contribution in [2.45, 2.75) is 44.8 Å². The number of ether oxygens (including phenoxy) is 1. The van der Waals surface area contributed by atoms with Gasteiger partial charge in [0, 0.05) is 18.8 Å². The average Bonchev–Trinajstić information content (AvgIpc) is 2.77. The van der Waals surface area contributed by atoms with Crippen molar-refractivity contribution in [1.29, 1.82) is 0 Å². The normalized spacial score (nSPS) is 24.9. The lowest BCUT2D eigenvalue weighted by molar-refractivity contribution is 0.0302. The van der Waals surface area contributed by atoms with Crippen molar-refractivity contribution in [3.8, 4) is 0 Å². The second-order valence-electron chi connectivity index (χ2n) is 5.62. The number of carbonyl (C=O) groups is 1. The Morgan fingerprint density at radius 3 is 2.70 bits per heavy atom. The summed E-state index contributed by atoms with van der Waals surface area (Å²) in [4.78, 5) is 18.1. The molecule has 2 saturated heterocycles. The van der Waals surface area contributed by atoms with Crippen molar-refractivity contribution in [2.24, 2.45) is 0 Å². The molecule has 0 aromatic carbocycles. The highest BCUT2D eigenvalue weighted by Gasteiger charge is 2.34. The monoisotopic (exact) mass is 276 g/mol. The van der Waals surface area contributed by atoms with Crippen LogP contribution in [0.5, 0.6) is 0 Å². The largest absolute Gasteiger partial charge is 0.478 e. The minimum atomic E-state index is -0.887. The summed E-state index contributed by atoms with van der Waals surface area (Å²) in [6.45, 7) is 3.71. The van der Waals surface area contributed by atoms with E-state index < -0.39 is 5.97 Å². The van der Waals surface area contributed by atoms with Crippen LogP contribution in [0.2, 0.25) is 0 Å². The molecule has 1 N–H and O–H groups in total. The van der Waals surface area contributed by atoms with Gasteiger partial charge < -0.3 is 14.7 Å². The zero-order valence-electron chi connectivity index (χ0n) is 11.7. The van der Waals surface area contributed by atoms with Gasteiger partial charge in [-0.1, -0.05) is 13.3 Å². The van der Waals surface area contributed by atoms with Gasteiger partial charge in [-0.3, -0.25) is 0 Å². The first-order chi connectivity index (χ1) is 9.65. The summed E-state index contributed by atoms with van der Waals surface area (Å²) in [5.74, 6) is -0.101. The lowest BCUT2D eigenvalue weighted by Crippen LogP contribution is -2.43. The number of carboxylic acid groups (broad SMARTS) is 1. The topological polar surface area (TPSA) is 62.7 Å². The number of aromatic carboxylic acids is 1. The highest BCUT2D eigenvalue weighted by molar-refractivity contribution is 5.88. The zero-order valence-corrected chi connectivity index (χ0v) is 11.7. The van der Waals surface area contributed by atoms with E-state index in [9.17, 15) is 9.90 Å². The minimum Gasteiger partial charge on any atom is -0.478 e. The van der Waals surface area contributed by atoms with Crippen LogP contribution in [-0.2, 0) is 11.2 Å². The first-order valence-corrected chi connectivity index (χ1v) is 7.30. The van der Waals surface area contributed by atoms with E-state index in [-0.39, 0.29) is 12.2 Å². The van der Waals surface area contributed by atoms with E-state index in [0.717, 1.165) is 50.3 Å². The van der Waals surface area contributed by atoms with Gasteiger partial charge in [-0.25, -0.2) is 9.78 Å². The van der Waals surface area contributed by atoms with E-state index in [4.69, 9.17) is 4.74 Å². The van der Waals surface area contributed by atoms with Crippen molar-refractivity contribution in [3.05, 3.63) is 23.4 Å². The van der Waals surface area contributed by atoms with Crippen molar-refractivity contribution in [1.82, 2.24) is 4.98 Å². The number of carboxylic acids is 1. The van der Waals surface area contributed by atoms with Gasteiger partial charge in [0.25, 0.3) is 0 Å². The number of pyridine rings is 1. The first-order valence-electron chi connectivity index (χ1n) is 7.30. The van der Waals surface area contributed by atoms with Gasteiger partial charge in [0.15, 0.2) is 0 Å². The van der Waals surface area contributed by atoms with E-state index in [1.165, 1.54) is 0 Å². The third kappa shape index (κ3) is 2.63. The summed E-state index contributed by atoms with van der Waals surface area (Å²) in [6.07, 6.45) is 4.52. The van der Waals surface area contributed by atoms with E-state index in [2.05, 4.69) is 16.8 Å². The predicted molar refractivity (Wildman–Crippen MR) is 75.3 cm³/mol. The van der Waals surface area contributed by atoms with Crippen molar-refractivity contribution in [2.75, 3.05) is 18.0 Å². The number of anilines is 1. The molecule has 3 rings (SSSR count). The molecule has 3 heterocycles. The number of rotatable bonds is 4. The van der Waals surface area contributed by atoms with Gasteiger partial charge in [-0.2, -0.15) is 0 Å². The maximum Gasteiger partial charge on any atom is 0.335 e. The molecule has 5 heteroatoms. The van der Waals surface area contributed by atoms with Crippen LogP contribution in [0.4, 0.5) is 5.82 Å². The van der Waals surface area contributed by atoms with Crippen LogP contribution in [-0.4, -0.2) is 41.4 Å². The van der Waals surface area contributed by atoms with Crippen LogP contribution in [0.15, 0.2) is 12.1 Å². The average molecular weight is 276 g/mol. The fraction of sp³-hybridized carbons (Fsp3) is 0.600. The standard InChI is InChI=1S/C15H20N2O3/c1-2-3-11-6-10(15(18)19)7-14(16-11)17-8-12-4-5-13(9-17)20-12/h6-7,12-13H,2-5,8-9H2,1H3,(H,18,19). The number of nitrogens with zero attached hydrogens (tertiary/aromatic N) is 2. The van der Waals surface area contributed by atoms with Gasteiger partial charge in [0.1, 0.15) is 5.82 Å². The molecule has 0 spiro atoms. The molecule has 0 saturated carbocycles. The molecular weight excluding hydrogens is 256 g/mol. The third-order valence-electron chi connectivity index (χ3n) is 3.99. The van der Waals surface area contributed by atoms with Gasteiger partial charge in [-0.15, -0.1) is 0 Å². The Hall–Kier alpha value is -1.62. The van der Waals surface area contributed by atoms with Crippen molar-refractivity contribution < 1.29 is 14.6 Å². The highest BCUT2D eigenvalue weighted by Crippen LogP contribution is 2.29. The van der Waals surface area contributed by atoms with E-state index in [1.807, 2.05) is 0 Å². The second kappa shape index (κ2) is 5.40. The fourth-order valence-corrected chi connectivity index (χ4v) is 3.04. The molecule has 2 aliphatic heterocycles. The molecule has 2 aliphatic rings. The van der Waals surface area contributed by atoms with Crippen molar-refractivity contribution in [3.63, 3.8) is 0 Å². The Labute approximate surface area is 118 Å². The van der Waals surface area contributed by atoms with Gasteiger partial charge in [0.05, 0.1) is 17.8 Å². The molecule has 0 radical (unpaired) electrons. The smallest absolute Gasteiger partial charge is 0.335 e. The van der Waals surface area contributed by atoms with Crippen LogP contribution in [0.1, 0.15) is 42.2 Å². The first kappa shape index (κ1) is 13.4. The number of fused-ring (bicyclic) bond motifs is 2.